The number of nitrogens with two attached hydrogens (primary N) is 1. The van der Waals surface area contributed by atoms with Gasteiger partial charge in [-0.05, 0) is 37.1 Å². The standard InChI is InChI=1S/C13H18N2O6S/c1-7-4-9(5-11(8(7)2)22(14,19)20)12(16)15-6-10(21-3)13(17)18/h4-5,10H,6H2,1-3H3,(H,15,16)(H,17,18)(H2,14,19,20). The zero-order valence-corrected chi connectivity index (χ0v) is 13.2. The summed E-state index contributed by atoms with van der Waals surface area (Å²) in [5.74, 6) is -1.83. The molecule has 1 unspecified atom stereocenters. The van der Waals surface area contributed by atoms with Gasteiger partial charge in [0.25, 0.3) is 5.91 Å². The summed E-state index contributed by atoms with van der Waals surface area (Å²) in [6.07, 6.45) is -1.19. The molecule has 0 radical (unpaired) electrons. The molecule has 0 saturated heterocycles. The smallest absolute Gasteiger partial charge is 0.334 e. The number of hydrogen-bond donors (Lipinski definition) is 3. The van der Waals surface area contributed by atoms with Crippen LogP contribution in [0, 0.1) is 13.8 Å². The number of aliphatic carboxylic acids is 1. The number of rotatable bonds is 6. The van der Waals surface area contributed by atoms with Crippen molar-refractivity contribution in [3.05, 3.63) is 28.8 Å². The molecule has 1 atom stereocenters. The molecule has 0 heterocycles. The number of amides is 1. The lowest BCUT2D eigenvalue weighted by atomic mass is 10.1. The summed E-state index contributed by atoms with van der Waals surface area (Å²) in [5, 5.41) is 16.3. The van der Waals surface area contributed by atoms with Gasteiger partial charge in [0, 0.05) is 12.7 Å². The normalized spacial score (nSPS) is 12.7. The summed E-state index contributed by atoms with van der Waals surface area (Å²) in [7, 11) is -2.75. The van der Waals surface area contributed by atoms with Crippen molar-refractivity contribution >= 4 is 21.9 Å². The second-order valence-corrected chi connectivity index (χ2v) is 6.26. The summed E-state index contributed by atoms with van der Waals surface area (Å²) < 4.78 is 27.8. The van der Waals surface area contributed by atoms with Gasteiger partial charge in [-0.25, -0.2) is 18.4 Å². The SMILES string of the molecule is COC(CNC(=O)c1cc(C)c(C)c(S(N)(=O)=O)c1)C(=O)O. The third kappa shape index (κ3) is 4.26. The van der Waals surface area contributed by atoms with Crippen LogP contribution in [0.15, 0.2) is 17.0 Å². The molecule has 9 heteroatoms. The van der Waals surface area contributed by atoms with E-state index in [9.17, 15) is 18.0 Å². The number of carboxylic acid groups (broad SMARTS) is 1. The number of primary sulfonamides is 1. The number of carbonyl (C=O) groups excluding carboxylic acids is 1. The van der Waals surface area contributed by atoms with Crippen molar-refractivity contribution < 1.29 is 27.9 Å². The van der Waals surface area contributed by atoms with E-state index in [-0.39, 0.29) is 17.0 Å². The van der Waals surface area contributed by atoms with Crippen LogP contribution < -0.4 is 10.5 Å². The Balaban J connectivity index is 3.05. The van der Waals surface area contributed by atoms with Crippen LogP contribution in [0.4, 0.5) is 0 Å². The second-order valence-electron chi connectivity index (χ2n) is 4.73. The van der Waals surface area contributed by atoms with Crippen molar-refractivity contribution in [3.8, 4) is 0 Å². The van der Waals surface area contributed by atoms with Gasteiger partial charge in [0.2, 0.25) is 10.0 Å². The number of benzene rings is 1. The van der Waals surface area contributed by atoms with Gasteiger partial charge in [-0.3, -0.25) is 4.79 Å². The fourth-order valence-corrected chi connectivity index (χ4v) is 2.69. The number of ether oxygens (including phenoxy) is 1. The van der Waals surface area contributed by atoms with Gasteiger partial charge in [0.1, 0.15) is 0 Å². The lowest BCUT2D eigenvalue weighted by Crippen LogP contribution is -2.38. The highest BCUT2D eigenvalue weighted by Gasteiger charge is 2.20. The lowest BCUT2D eigenvalue weighted by Gasteiger charge is -2.13. The molecule has 0 aromatic heterocycles. The van der Waals surface area contributed by atoms with E-state index in [2.05, 4.69) is 10.1 Å². The van der Waals surface area contributed by atoms with Gasteiger partial charge in [-0.15, -0.1) is 0 Å². The molecule has 0 bridgehead atoms. The van der Waals surface area contributed by atoms with Crippen molar-refractivity contribution in [2.45, 2.75) is 24.8 Å². The number of aryl methyl sites for hydroxylation is 1. The van der Waals surface area contributed by atoms with Gasteiger partial charge in [0.05, 0.1) is 11.4 Å². The number of carboxylic acids is 1. The van der Waals surface area contributed by atoms with E-state index >= 15 is 0 Å². The fourth-order valence-electron chi connectivity index (χ4n) is 1.81. The molecule has 0 fully saturated rings. The fraction of sp³-hybridized carbons (Fsp3) is 0.385. The Morgan fingerprint density at radius 2 is 1.95 bits per heavy atom. The molecular weight excluding hydrogens is 312 g/mol. The van der Waals surface area contributed by atoms with Crippen LogP contribution in [0.5, 0.6) is 0 Å². The highest BCUT2D eigenvalue weighted by Crippen LogP contribution is 2.20. The maximum absolute atomic E-state index is 12.0. The Morgan fingerprint density at radius 1 is 1.36 bits per heavy atom. The van der Waals surface area contributed by atoms with Crippen LogP contribution in [0.25, 0.3) is 0 Å². The first-order valence-corrected chi connectivity index (χ1v) is 7.80. The predicted octanol–water partition coefficient (Wildman–Crippen LogP) is -0.220. The van der Waals surface area contributed by atoms with E-state index in [1.54, 1.807) is 13.8 Å². The molecule has 1 amide bonds. The van der Waals surface area contributed by atoms with Gasteiger partial charge >= 0.3 is 5.97 Å². The first-order chi connectivity index (χ1) is 10.1. The first kappa shape index (κ1) is 18.1. The Labute approximate surface area is 128 Å². The zero-order valence-electron chi connectivity index (χ0n) is 12.4. The van der Waals surface area contributed by atoms with Gasteiger partial charge in [0.15, 0.2) is 6.10 Å². The number of nitrogens with one attached hydrogen (secondary N) is 1. The molecular formula is C13H18N2O6S. The Hall–Kier alpha value is -1.97. The van der Waals surface area contributed by atoms with E-state index in [4.69, 9.17) is 10.2 Å². The molecule has 1 rings (SSSR count). The van der Waals surface area contributed by atoms with Gasteiger partial charge in [-0.1, -0.05) is 0 Å². The highest BCUT2D eigenvalue weighted by molar-refractivity contribution is 7.89. The molecule has 8 nitrogen and oxygen atoms in total. The summed E-state index contributed by atoms with van der Waals surface area (Å²) in [5.41, 5.74) is 1.12. The van der Waals surface area contributed by atoms with Gasteiger partial charge < -0.3 is 15.2 Å². The van der Waals surface area contributed by atoms with E-state index in [0.29, 0.717) is 11.1 Å². The van der Waals surface area contributed by atoms with Crippen LogP contribution in [0.3, 0.4) is 0 Å². The van der Waals surface area contributed by atoms with Crippen LogP contribution in [-0.2, 0) is 19.6 Å². The third-order valence-electron chi connectivity index (χ3n) is 3.20. The van der Waals surface area contributed by atoms with Crippen molar-refractivity contribution in [1.29, 1.82) is 0 Å². The summed E-state index contributed by atoms with van der Waals surface area (Å²) in [6, 6.07) is 2.66. The third-order valence-corrected chi connectivity index (χ3v) is 4.23. The molecule has 0 aliphatic heterocycles. The van der Waals surface area contributed by atoms with Crippen LogP contribution in [0.1, 0.15) is 21.5 Å². The maximum atomic E-state index is 12.0. The molecule has 22 heavy (non-hydrogen) atoms. The average Bonchev–Trinajstić information content (AvgIpc) is 2.40. The molecule has 4 N–H and O–H groups in total. The number of hydrogen-bond acceptors (Lipinski definition) is 5. The second kappa shape index (κ2) is 6.86. The minimum Gasteiger partial charge on any atom is -0.479 e. The van der Waals surface area contributed by atoms with E-state index in [0.717, 1.165) is 6.07 Å². The average molecular weight is 330 g/mol. The quantitative estimate of drug-likeness (QED) is 0.660. The number of methoxy groups -OCH3 is 1. The Morgan fingerprint density at radius 3 is 2.41 bits per heavy atom. The molecule has 0 spiro atoms. The van der Waals surface area contributed by atoms with E-state index in [1.807, 2.05) is 0 Å². The molecule has 122 valence electrons. The maximum Gasteiger partial charge on any atom is 0.334 e. The molecule has 0 aliphatic rings. The highest BCUT2D eigenvalue weighted by atomic mass is 32.2. The van der Waals surface area contributed by atoms with Crippen molar-refractivity contribution in [2.75, 3.05) is 13.7 Å². The van der Waals surface area contributed by atoms with Gasteiger partial charge in [-0.2, -0.15) is 0 Å². The van der Waals surface area contributed by atoms with Crippen molar-refractivity contribution in [2.24, 2.45) is 5.14 Å². The van der Waals surface area contributed by atoms with E-state index in [1.165, 1.54) is 13.2 Å². The summed E-state index contributed by atoms with van der Waals surface area (Å²) >= 11 is 0. The monoisotopic (exact) mass is 330 g/mol. The topological polar surface area (TPSA) is 136 Å². The lowest BCUT2D eigenvalue weighted by molar-refractivity contribution is -0.148. The largest absolute Gasteiger partial charge is 0.479 e. The summed E-state index contributed by atoms with van der Waals surface area (Å²) in [6.45, 7) is 2.99. The van der Waals surface area contributed by atoms with Crippen LogP contribution in [0.2, 0.25) is 0 Å². The zero-order chi connectivity index (χ0) is 17.1. The molecule has 1 aromatic carbocycles. The Kier molecular flexibility index (Phi) is 5.64. The summed E-state index contributed by atoms with van der Waals surface area (Å²) in [4.78, 5) is 22.7. The molecule has 0 saturated carbocycles. The van der Waals surface area contributed by atoms with Crippen LogP contribution >= 0.6 is 0 Å². The number of sulfonamides is 1. The number of carbonyl (C=O) groups is 2. The molecule has 1 aromatic rings. The molecule has 0 aliphatic carbocycles. The minimum absolute atomic E-state index is 0.0763. The van der Waals surface area contributed by atoms with Crippen molar-refractivity contribution in [1.82, 2.24) is 5.32 Å². The van der Waals surface area contributed by atoms with Crippen molar-refractivity contribution in [3.63, 3.8) is 0 Å². The van der Waals surface area contributed by atoms with Crippen LogP contribution in [-0.4, -0.2) is 45.2 Å². The van der Waals surface area contributed by atoms with E-state index < -0.39 is 28.0 Å². The predicted molar refractivity (Wildman–Crippen MR) is 78.1 cm³/mol. The first-order valence-electron chi connectivity index (χ1n) is 6.25. The minimum atomic E-state index is -3.96. The Bertz CT molecular complexity index is 699.